The third kappa shape index (κ3) is 5.30. The van der Waals surface area contributed by atoms with Crippen molar-refractivity contribution in [1.82, 2.24) is 15.3 Å². The van der Waals surface area contributed by atoms with Crippen molar-refractivity contribution in [2.24, 2.45) is 11.3 Å². The summed E-state index contributed by atoms with van der Waals surface area (Å²) in [5.74, 6) is 1.74. The minimum atomic E-state index is -1.17. The molecule has 0 bridgehead atoms. The zero-order chi connectivity index (χ0) is 28.0. The van der Waals surface area contributed by atoms with Crippen LogP contribution < -0.4 is 25.4 Å². The van der Waals surface area contributed by atoms with Crippen LogP contribution in [-0.4, -0.2) is 40.5 Å². The zero-order valence-corrected chi connectivity index (χ0v) is 22.1. The Balaban J connectivity index is 0.971. The monoisotopic (exact) mass is 553 g/mol. The van der Waals surface area contributed by atoms with E-state index in [1.54, 1.807) is 24.4 Å². The molecule has 0 spiro atoms. The van der Waals surface area contributed by atoms with Crippen LogP contribution >= 0.6 is 0 Å². The number of rotatable bonds is 9. The molecule has 2 aromatic carbocycles. The van der Waals surface area contributed by atoms with Crippen molar-refractivity contribution in [3.05, 3.63) is 78.9 Å². The van der Waals surface area contributed by atoms with Crippen LogP contribution in [0.4, 0.5) is 15.9 Å². The fourth-order valence-electron chi connectivity index (χ4n) is 5.39. The lowest BCUT2D eigenvalue weighted by Gasteiger charge is -2.16. The molecular weight excluding hydrogens is 525 g/mol. The molecule has 2 amide bonds. The molecule has 10 heteroatoms. The lowest BCUT2D eigenvalue weighted by molar-refractivity contribution is -0.131. The van der Waals surface area contributed by atoms with Crippen LogP contribution in [0.2, 0.25) is 0 Å². The molecule has 2 saturated carbocycles. The van der Waals surface area contributed by atoms with Gasteiger partial charge in [-0.1, -0.05) is 0 Å². The number of piperidine rings is 1. The number of anilines is 2. The average Bonchev–Trinajstić information content (AvgIpc) is 3.91. The summed E-state index contributed by atoms with van der Waals surface area (Å²) < 4.78 is 25.3. The number of hydrogen-bond donors (Lipinski definition) is 3. The number of pyridine rings is 2. The second kappa shape index (κ2) is 10.1. The van der Waals surface area contributed by atoms with E-state index in [4.69, 9.17) is 9.47 Å². The molecule has 0 radical (unpaired) electrons. The van der Waals surface area contributed by atoms with E-state index >= 15 is 0 Å². The maximum Gasteiger partial charge on any atom is 0.241 e. The summed E-state index contributed by atoms with van der Waals surface area (Å²) >= 11 is 0. The number of fused-ring (bicyclic) bond motifs is 2. The van der Waals surface area contributed by atoms with Gasteiger partial charge in [0.1, 0.15) is 40.9 Å². The zero-order valence-electron chi connectivity index (χ0n) is 22.1. The van der Waals surface area contributed by atoms with E-state index in [-0.39, 0.29) is 0 Å². The first-order chi connectivity index (χ1) is 19.9. The normalized spacial score (nSPS) is 21.5. The maximum atomic E-state index is 13.2. The van der Waals surface area contributed by atoms with Crippen molar-refractivity contribution in [3.63, 3.8) is 0 Å². The first-order valence-electron chi connectivity index (χ1n) is 13.8. The molecule has 1 saturated heterocycles. The van der Waals surface area contributed by atoms with E-state index in [2.05, 4.69) is 25.9 Å². The van der Waals surface area contributed by atoms with Gasteiger partial charge in [0.25, 0.3) is 0 Å². The summed E-state index contributed by atoms with van der Waals surface area (Å²) in [6, 6.07) is 17.4. The Bertz CT molecular complexity index is 1610. The molecule has 208 valence electrons. The summed E-state index contributed by atoms with van der Waals surface area (Å²) in [5.41, 5.74) is 0.0188. The topological polar surface area (TPSA) is 114 Å². The van der Waals surface area contributed by atoms with Gasteiger partial charge in [-0.05, 0) is 86.2 Å². The Morgan fingerprint density at radius 1 is 0.951 bits per heavy atom. The highest BCUT2D eigenvalue weighted by Crippen LogP contribution is 2.47. The van der Waals surface area contributed by atoms with Crippen LogP contribution in [-0.2, 0) is 9.59 Å². The lowest BCUT2D eigenvalue weighted by atomic mass is 10.0. The average molecular weight is 554 g/mol. The molecule has 2 aromatic heterocycles. The molecule has 4 aromatic rings. The highest BCUT2D eigenvalue weighted by atomic mass is 19.1. The largest absolute Gasteiger partial charge is 0.492 e. The highest BCUT2D eigenvalue weighted by molar-refractivity contribution is 6.16. The summed E-state index contributed by atoms with van der Waals surface area (Å²) in [6.45, 7) is 0.642. The third-order valence-corrected chi connectivity index (χ3v) is 8.01. The summed E-state index contributed by atoms with van der Waals surface area (Å²) in [5, 5.41) is 9.85. The number of benzene rings is 2. The van der Waals surface area contributed by atoms with Gasteiger partial charge in [-0.15, -0.1) is 0 Å². The fourth-order valence-corrected chi connectivity index (χ4v) is 5.39. The quantitative estimate of drug-likeness (QED) is 0.249. The Labute approximate surface area is 235 Å². The van der Waals surface area contributed by atoms with Gasteiger partial charge in [-0.3, -0.25) is 14.6 Å². The van der Waals surface area contributed by atoms with Crippen molar-refractivity contribution in [3.8, 4) is 17.2 Å². The second-order valence-electron chi connectivity index (χ2n) is 11.0. The number of nitrogens with one attached hydrogen (secondary N) is 3. The maximum absolute atomic E-state index is 13.2. The van der Waals surface area contributed by atoms with Gasteiger partial charge in [0.15, 0.2) is 0 Å². The first kappa shape index (κ1) is 25.4. The molecule has 3 fully saturated rings. The van der Waals surface area contributed by atoms with Crippen LogP contribution in [0.3, 0.4) is 0 Å². The molecule has 2 aliphatic carbocycles. The number of halogens is 1. The van der Waals surface area contributed by atoms with E-state index in [1.165, 1.54) is 43.3 Å². The minimum absolute atomic E-state index is 0.304. The molecule has 1 aliphatic heterocycles. The number of carbonyl (C=O) groups excluding carboxylic acids is 2. The van der Waals surface area contributed by atoms with E-state index in [0.717, 1.165) is 22.6 Å². The van der Waals surface area contributed by atoms with Crippen LogP contribution in [0, 0.1) is 17.2 Å². The molecule has 3 aliphatic rings. The van der Waals surface area contributed by atoms with Crippen molar-refractivity contribution >= 4 is 34.2 Å². The van der Waals surface area contributed by atoms with E-state index in [9.17, 15) is 14.0 Å². The summed E-state index contributed by atoms with van der Waals surface area (Å²) in [7, 11) is 0. The number of aromatic nitrogens is 2. The van der Waals surface area contributed by atoms with Crippen LogP contribution in [0.25, 0.3) is 10.9 Å². The van der Waals surface area contributed by atoms with Crippen LogP contribution in [0.1, 0.15) is 25.7 Å². The van der Waals surface area contributed by atoms with Gasteiger partial charge < -0.3 is 25.4 Å². The molecule has 3 atom stereocenters. The molecule has 3 N–H and O–H groups in total. The van der Waals surface area contributed by atoms with Crippen molar-refractivity contribution in [1.29, 1.82) is 0 Å². The van der Waals surface area contributed by atoms with Gasteiger partial charge >= 0.3 is 0 Å². The number of nitrogens with zero attached hydrogens (tertiary/aromatic N) is 2. The van der Waals surface area contributed by atoms with E-state index in [0.29, 0.717) is 54.5 Å². The third-order valence-electron chi connectivity index (χ3n) is 8.01. The van der Waals surface area contributed by atoms with Crippen LogP contribution in [0.15, 0.2) is 73.1 Å². The van der Waals surface area contributed by atoms with Crippen molar-refractivity contribution in [2.45, 2.75) is 37.8 Å². The minimum Gasteiger partial charge on any atom is -0.492 e. The molecule has 41 heavy (non-hydrogen) atoms. The predicted octanol–water partition coefficient (Wildman–Crippen LogP) is 5.05. The number of ether oxygens (including phenoxy) is 2. The van der Waals surface area contributed by atoms with Gasteiger partial charge in [0, 0.05) is 35.4 Å². The first-order valence-corrected chi connectivity index (χ1v) is 13.8. The van der Waals surface area contributed by atoms with Gasteiger partial charge in [0.2, 0.25) is 11.8 Å². The van der Waals surface area contributed by atoms with E-state index in [1.807, 2.05) is 18.2 Å². The fraction of sp³-hybridized carbons (Fsp3) is 0.290. The van der Waals surface area contributed by atoms with Crippen LogP contribution in [0.5, 0.6) is 17.2 Å². The van der Waals surface area contributed by atoms with Gasteiger partial charge in [0.05, 0.1) is 11.7 Å². The Morgan fingerprint density at radius 3 is 2.49 bits per heavy atom. The number of hydrogen-bond acceptors (Lipinski definition) is 7. The smallest absolute Gasteiger partial charge is 0.241 e. The molecule has 7 rings (SSSR count). The van der Waals surface area contributed by atoms with Crippen molar-refractivity contribution in [2.75, 3.05) is 17.2 Å². The molecule has 3 heterocycles. The highest BCUT2D eigenvalue weighted by Gasteiger charge is 2.56. The van der Waals surface area contributed by atoms with E-state index < -0.39 is 23.0 Å². The predicted molar refractivity (Wildman–Crippen MR) is 150 cm³/mol. The SMILES string of the molecule is O=C(Nc1ccc(F)cc1)C1(C(=O)Nc2ccc(Oc3ccnc4cc(OC[C@H]5CC6CC6N5)ccc34)cn2)CC1. The number of amides is 2. The number of carbonyl (C=O) groups is 2. The summed E-state index contributed by atoms with van der Waals surface area (Å²) in [4.78, 5) is 34.5. The Morgan fingerprint density at radius 2 is 1.76 bits per heavy atom. The lowest BCUT2D eigenvalue weighted by Crippen LogP contribution is -2.35. The Hall–Kier alpha value is -4.57. The Kier molecular flexibility index (Phi) is 6.27. The second-order valence-corrected chi connectivity index (χ2v) is 11.0. The molecule has 2 unspecified atom stereocenters. The van der Waals surface area contributed by atoms with Crippen molar-refractivity contribution < 1.29 is 23.5 Å². The summed E-state index contributed by atoms with van der Waals surface area (Å²) in [6.07, 6.45) is 6.52. The van der Waals surface area contributed by atoms with Gasteiger partial charge in [-0.25, -0.2) is 9.37 Å². The molecule has 9 nitrogen and oxygen atoms in total. The standard InChI is InChI=1S/C31H28FN5O4/c32-19-1-3-20(4-2-19)36-29(38)31(10-11-31)30(39)37-28-8-6-23(16-34-28)41-27-9-12-33-26-15-22(5-7-24(26)27)40-17-21-13-18-14-25(18)35-21/h1-9,12,15-16,18,21,25,35H,10-11,13-14,17H2,(H,36,38)(H,34,37,39)/t18?,21-,25?/m1/s1. The van der Waals surface area contributed by atoms with Gasteiger partial charge in [-0.2, -0.15) is 0 Å². The molecular formula is C31H28FN5O4.